The number of nitriles is 1. The van der Waals surface area contributed by atoms with E-state index >= 15 is 0 Å². The zero-order chi connectivity index (χ0) is 29.4. The molecule has 0 spiro atoms. The van der Waals surface area contributed by atoms with Gasteiger partial charge in [0.05, 0.1) is 28.4 Å². The van der Waals surface area contributed by atoms with Gasteiger partial charge >= 0.3 is 0 Å². The highest BCUT2D eigenvalue weighted by molar-refractivity contribution is 7.89. The van der Waals surface area contributed by atoms with E-state index in [9.17, 15) is 23.3 Å². The molecule has 0 aliphatic carbocycles. The molecule has 0 bridgehead atoms. The van der Waals surface area contributed by atoms with Gasteiger partial charge in [-0.05, 0) is 67.4 Å². The van der Waals surface area contributed by atoms with Gasteiger partial charge in [0.1, 0.15) is 5.39 Å². The molecule has 0 saturated carbocycles. The summed E-state index contributed by atoms with van der Waals surface area (Å²) in [5, 5.41) is 18.6. The molecule has 1 aliphatic heterocycles. The van der Waals surface area contributed by atoms with Crippen LogP contribution >= 0.6 is 11.6 Å². The molecule has 2 aromatic carbocycles. The summed E-state index contributed by atoms with van der Waals surface area (Å²) >= 11 is 5.97. The fourth-order valence-electron chi connectivity index (χ4n) is 5.10. The van der Waals surface area contributed by atoms with Gasteiger partial charge in [-0.3, -0.25) is 14.3 Å². The first-order chi connectivity index (χ1) is 19.6. The first kappa shape index (κ1) is 28.4. The lowest BCUT2D eigenvalue weighted by Gasteiger charge is -2.41. The Morgan fingerprint density at radius 3 is 2.39 bits per heavy atom. The van der Waals surface area contributed by atoms with Gasteiger partial charge < -0.3 is 15.2 Å². The second-order valence-corrected chi connectivity index (χ2v) is 12.7. The summed E-state index contributed by atoms with van der Waals surface area (Å²) in [6.07, 6.45) is 2.59. The molecule has 13 heteroatoms. The second kappa shape index (κ2) is 11.0. The van der Waals surface area contributed by atoms with E-state index in [1.807, 2.05) is 0 Å². The number of amides is 1. The van der Waals surface area contributed by atoms with E-state index in [1.54, 1.807) is 52.0 Å². The number of nitrogens with zero attached hydrogens (tertiary/aromatic N) is 5. The standard InChI is InChI=1S/C28H28ClN7O4S/c1-34(2)41(39,40)22-9-7-21(8-10-22)32-25-24-23(11-16-31-26(24)37)36(33-25)28(12-15-30)13-17-35(18-14-28)27(38)19-3-5-20(29)6-4-19/h3-11,16H,12-14,17-18H2,1-2H3,(H,31,37)(H,32,33). The third-order valence-corrected chi connectivity index (χ3v) is 9.51. The summed E-state index contributed by atoms with van der Waals surface area (Å²) in [6.45, 7) is 0.802. The average Bonchev–Trinajstić information content (AvgIpc) is 3.34. The van der Waals surface area contributed by atoms with E-state index in [0.717, 1.165) is 4.31 Å². The lowest BCUT2D eigenvalue weighted by Crippen LogP contribution is -2.48. The minimum atomic E-state index is -3.60. The van der Waals surface area contributed by atoms with Crippen LogP contribution in [0.5, 0.6) is 0 Å². The molecular formula is C28H28ClN7O4S. The van der Waals surface area contributed by atoms with Crippen LogP contribution in [0.25, 0.3) is 10.9 Å². The molecule has 1 aliphatic rings. The van der Waals surface area contributed by atoms with Crippen molar-refractivity contribution in [3.63, 3.8) is 0 Å². The first-order valence-corrected chi connectivity index (χ1v) is 14.7. The average molecular weight is 594 g/mol. The van der Waals surface area contributed by atoms with Crippen molar-refractivity contribution in [1.82, 2.24) is 24.0 Å². The van der Waals surface area contributed by atoms with Crippen LogP contribution in [0.15, 0.2) is 70.5 Å². The number of fused-ring (bicyclic) bond motifs is 1. The number of benzene rings is 2. The van der Waals surface area contributed by atoms with E-state index in [1.165, 1.54) is 32.4 Å². The molecule has 3 heterocycles. The van der Waals surface area contributed by atoms with Crippen molar-refractivity contribution in [3.8, 4) is 6.07 Å². The van der Waals surface area contributed by atoms with Crippen LogP contribution in [0.4, 0.5) is 11.5 Å². The molecule has 41 heavy (non-hydrogen) atoms. The molecular weight excluding hydrogens is 566 g/mol. The summed E-state index contributed by atoms with van der Waals surface area (Å²) in [5.74, 6) is 0.165. The lowest BCUT2D eigenvalue weighted by atomic mass is 9.84. The number of anilines is 2. The van der Waals surface area contributed by atoms with Gasteiger partial charge in [-0.2, -0.15) is 10.4 Å². The monoisotopic (exact) mass is 593 g/mol. The maximum atomic E-state index is 13.1. The Hall–Kier alpha value is -4.18. The first-order valence-electron chi connectivity index (χ1n) is 12.9. The van der Waals surface area contributed by atoms with Crippen LogP contribution in [0.3, 0.4) is 0 Å². The Kier molecular flexibility index (Phi) is 7.61. The third kappa shape index (κ3) is 5.31. The van der Waals surface area contributed by atoms with Gasteiger partial charge in [0.25, 0.3) is 11.5 Å². The number of carbonyl (C=O) groups excluding carboxylic acids is 1. The zero-order valence-electron chi connectivity index (χ0n) is 22.5. The highest BCUT2D eigenvalue weighted by atomic mass is 35.5. The quantitative estimate of drug-likeness (QED) is 0.330. The van der Waals surface area contributed by atoms with Crippen molar-refractivity contribution in [1.29, 1.82) is 5.26 Å². The van der Waals surface area contributed by atoms with Crippen LogP contribution in [0, 0.1) is 11.3 Å². The number of nitrogens with one attached hydrogen (secondary N) is 2. The number of aromatic nitrogens is 3. The number of H-pyrrole nitrogens is 1. The van der Waals surface area contributed by atoms with Crippen molar-refractivity contribution in [2.45, 2.75) is 29.7 Å². The predicted molar refractivity (Wildman–Crippen MR) is 156 cm³/mol. The Balaban J connectivity index is 1.47. The van der Waals surface area contributed by atoms with E-state index in [-0.39, 0.29) is 28.6 Å². The molecule has 2 N–H and O–H groups in total. The minimum absolute atomic E-state index is 0.115. The molecule has 5 rings (SSSR count). The number of aromatic amines is 1. The summed E-state index contributed by atoms with van der Waals surface area (Å²) in [7, 11) is -0.677. The Morgan fingerprint density at radius 1 is 1.12 bits per heavy atom. The molecule has 1 saturated heterocycles. The number of halogens is 1. The van der Waals surface area contributed by atoms with Gasteiger partial charge in [-0.25, -0.2) is 12.7 Å². The molecule has 0 radical (unpaired) electrons. The van der Waals surface area contributed by atoms with Crippen molar-refractivity contribution in [2.24, 2.45) is 0 Å². The lowest BCUT2D eigenvalue weighted by molar-refractivity contribution is 0.0587. The molecule has 0 unspecified atom stereocenters. The normalized spacial score (nSPS) is 15.1. The van der Waals surface area contributed by atoms with Gasteiger partial charge in [-0.15, -0.1) is 0 Å². The van der Waals surface area contributed by atoms with Crippen molar-refractivity contribution in [3.05, 3.63) is 81.7 Å². The molecule has 1 amide bonds. The van der Waals surface area contributed by atoms with Gasteiger partial charge in [0.15, 0.2) is 5.82 Å². The summed E-state index contributed by atoms with van der Waals surface area (Å²) < 4.78 is 27.8. The number of carbonyl (C=O) groups is 1. The Labute approximate surface area is 242 Å². The highest BCUT2D eigenvalue weighted by Crippen LogP contribution is 2.38. The van der Waals surface area contributed by atoms with Crippen LogP contribution in [-0.4, -0.2) is 65.5 Å². The number of sulfonamides is 1. The van der Waals surface area contributed by atoms with E-state index in [0.29, 0.717) is 53.1 Å². The van der Waals surface area contributed by atoms with E-state index < -0.39 is 15.6 Å². The zero-order valence-corrected chi connectivity index (χ0v) is 24.0. The number of rotatable bonds is 7. The fraction of sp³-hybridized carbons (Fsp3) is 0.286. The van der Waals surface area contributed by atoms with Crippen molar-refractivity contribution >= 4 is 49.9 Å². The van der Waals surface area contributed by atoms with Crippen LogP contribution in [0.1, 0.15) is 29.6 Å². The molecule has 11 nitrogen and oxygen atoms in total. The number of hydrogen-bond acceptors (Lipinski definition) is 7. The van der Waals surface area contributed by atoms with Crippen LogP contribution in [0.2, 0.25) is 5.02 Å². The van der Waals surface area contributed by atoms with Gasteiger partial charge in [0.2, 0.25) is 10.0 Å². The van der Waals surface area contributed by atoms with Crippen LogP contribution in [-0.2, 0) is 15.6 Å². The topological polar surface area (TPSA) is 144 Å². The Morgan fingerprint density at radius 2 is 1.78 bits per heavy atom. The SMILES string of the molecule is CN(C)S(=O)(=O)c1ccc(Nc2nn(C3(CC#N)CCN(C(=O)c4ccc(Cl)cc4)CC3)c3cc[nH]c(=O)c23)cc1. The van der Waals surface area contributed by atoms with Crippen molar-refractivity contribution in [2.75, 3.05) is 32.5 Å². The highest BCUT2D eigenvalue weighted by Gasteiger charge is 2.40. The number of pyridine rings is 1. The minimum Gasteiger partial charge on any atom is -0.338 e. The van der Waals surface area contributed by atoms with Crippen molar-refractivity contribution < 1.29 is 13.2 Å². The number of piperidine rings is 1. The van der Waals surface area contributed by atoms with Gasteiger partial charge in [0, 0.05) is 49.7 Å². The summed E-state index contributed by atoms with van der Waals surface area (Å²) in [6, 6.07) is 16.9. The second-order valence-electron chi connectivity index (χ2n) is 10.1. The molecule has 4 aromatic rings. The predicted octanol–water partition coefficient (Wildman–Crippen LogP) is 3.92. The van der Waals surface area contributed by atoms with Gasteiger partial charge in [-0.1, -0.05) is 11.6 Å². The third-order valence-electron chi connectivity index (χ3n) is 7.43. The van der Waals surface area contributed by atoms with E-state index in [2.05, 4.69) is 16.4 Å². The molecule has 212 valence electrons. The fourth-order valence-corrected chi connectivity index (χ4v) is 6.12. The van der Waals surface area contributed by atoms with E-state index in [4.69, 9.17) is 16.7 Å². The molecule has 2 aromatic heterocycles. The number of hydrogen-bond donors (Lipinski definition) is 2. The maximum Gasteiger partial charge on any atom is 0.261 e. The number of likely N-dealkylation sites (tertiary alicyclic amines) is 1. The smallest absolute Gasteiger partial charge is 0.261 e. The van der Waals surface area contributed by atoms with Crippen LogP contribution < -0.4 is 10.9 Å². The molecule has 0 atom stereocenters. The molecule has 1 fully saturated rings. The summed E-state index contributed by atoms with van der Waals surface area (Å²) in [5.41, 5.74) is 0.520. The Bertz CT molecular complexity index is 1800. The summed E-state index contributed by atoms with van der Waals surface area (Å²) in [4.78, 5) is 30.6. The maximum absolute atomic E-state index is 13.1. The largest absolute Gasteiger partial charge is 0.338 e.